The van der Waals surface area contributed by atoms with Crippen molar-refractivity contribution in [1.29, 1.82) is 0 Å². The molecular weight excluding hydrogens is 244 g/mol. The topological polar surface area (TPSA) is 64.2 Å². The van der Waals surface area contributed by atoms with Crippen molar-refractivity contribution in [2.75, 3.05) is 0 Å². The number of nitrogens with zero attached hydrogens (tertiary/aromatic N) is 2. The molecule has 0 bridgehead atoms. The van der Waals surface area contributed by atoms with Crippen LogP contribution in [-0.4, -0.2) is 20.2 Å². The van der Waals surface area contributed by atoms with Gasteiger partial charge in [0.2, 0.25) is 0 Å². The first kappa shape index (κ1) is 13.1. The summed E-state index contributed by atoms with van der Waals surface area (Å²) in [5.41, 5.74) is 0.970. The highest BCUT2D eigenvalue weighted by Gasteiger charge is 2.06. The second-order valence-corrected chi connectivity index (χ2v) is 4.41. The zero-order valence-electron chi connectivity index (χ0n) is 10.7. The number of aromatic nitrogens is 2. The van der Waals surface area contributed by atoms with Crippen LogP contribution in [0.4, 0.5) is 0 Å². The molecule has 0 amide bonds. The van der Waals surface area contributed by atoms with Gasteiger partial charge in [0.25, 0.3) is 0 Å². The number of hydrogen-bond acceptors (Lipinski definition) is 2. The van der Waals surface area contributed by atoms with Crippen LogP contribution < -0.4 is 5.69 Å². The fraction of sp³-hybridized carbons (Fsp3) is 0.286. The Hall–Kier alpha value is -2.30. The SMILES string of the molecule is CCCn1ccn(Cc2cccc(C(=O)O)c2)c1=O. The molecule has 0 atom stereocenters. The molecule has 1 aromatic carbocycles. The summed E-state index contributed by atoms with van der Waals surface area (Å²) in [5.74, 6) is -0.960. The highest BCUT2D eigenvalue weighted by atomic mass is 16.4. The number of imidazole rings is 1. The van der Waals surface area contributed by atoms with Crippen LogP contribution in [0.5, 0.6) is 0 Å². The van der Waals surface area contributed by atoms with Crippen molar-refractivity contribution in [2.24, 2.45) is 0 Å². The molecule has 5 heteroatoms. The van der Waals surface area contributed by atoms with E-state index in [0.717, 1.165) is 12.0 Å². The van der Waals surface area contributed by atoms with Gasteiger partial charge in [-0.3, -0.25) is 9.13 Å². The summed E-state index contributed by atoms with van der Waals surface area (Å²) >= 11 is 0. The van der Waals surface area contributed by atoms with Gasteiger partial charge >= 0.3 is 11.7 Å². The van der Waals surface area contributed by atoms with E-state index >= 15 is 0 Å². The lowest BCUT2D eigenvalue weighted by atomic mass is 10.1. The largest absolute Gasteiger partial charge is 0.478 e. The van der Waals surface area contributed by atoms with Gasteiger partial charge in [-0.1, -0.05) is 19.1 Å². The molecule has 1 aromatic heterocycles. The minimum absolute atomic E-state index is 0.0671. The van der Waals surface area contributed by atoms with Crippen molar-refractivity contribution < 1.29 is 9.90 Å². The van der Waals surface area contributed by atoms with Gasteiger partial charge in [-0.2, -0.15) is 0 Å². The Labute approximate surface area is 110 Å². The number of carbonyl (C=O) groups is 1. The van der Waals surface area contributed by atoms with Gasteiger partial charge in [-0.15, -0.1) is 0 Å². The first-order chi connectivity index (χ1) is 9.11. The van der Waals surface area contributed by atoms with E-state index in [0.29, 0.717) is 13.1 Å². The molecule has 1 heterocycles. The second-order valence-electron chi connectivity index (χ2n) is 4.41. The summed E-state index contributed by atoms with van der Waals surface area (Å²) in [4.78, 5) is 22.9. The smallest absolute Gasteiger partial charge is 0.335 e. The quantitative estimate of drug-likeness (QED) is 0.891. The zero-order valence-corrected chi connectivity index (χ0v) is 10.7. The van der Waals surface area contributed by atoms with E-state index in [1.807, 2.05) is 13.0 Å². The predicted octanol–water partition coefficient (Wildman–Crippen LogP) is 1.81. The molecule has 0 radical (unpaired) electrons. The van der Waals surface area contributed by atoms with Crippen molar-refractivity contribution in [1.82, 2.24) is 9.13 Å². The summed E-state index contributed by atoms with van der Waals surface area (Å²) in [6, 6.07) is 6.63. The predicted molar refractivity (Wildman–Crippen MR) is 71.5 cm³/mol. The summed E-state index contributed by atoms with van der Waals surface area (Å²) in [6.07, 6.45) is 4.39. The third kappa shape index (κ3) is 2.93. The number of rotatable bonds is 5. The van der Waals surface area contributed by atoms with Crippen LogP contribution in [0.1, 0.15) is 29.3 Å². The van der Waals surface area contributed by atoms with Gasteiger partial charge in [0.15, 0.2) is 0 Å². The van der Waals surface area contributed by atoms with Crippen molar-refractivity contribution >= 4 is 5.97 Å². The number of aryl methyl sites for hydroxylation is 1. The van der Waals surface area contributed by atoms with E-state index in [1.54, 1.807) is 33.7 Å². The van der Waals surface area contributed by atoms with Gasteiger partial charge in [-0.25, -0.2) is 9.59 Å². The lowest BCUT2D eigenvalue weighted by molar-refractivity contribution is 0.0696. The zero-order chi connectivity index (χ0) is 13.8. The third-order valence-electron chi connectivity index (χ3n) is 2.91. The Morgan fingerprint density at radius 2 is 2.00 bits per heavy atom. The number of carboxylic acids is 1. The molecule has 1 N–H and O–H groups in total. The van der Waals surface area contributed by atoms with Crippen molar-refractivity contribution in [3.63, 3.8) is 0 Å². The van der Waals surface area contributed by atoms with E-state index in [4.69, 9.17) is 5.11 Å². The molecule has 19 heavy (non-hydrogen) atoms. The first-order valence-electron chi connectivity index (χ1n) is 6.19. The van der Waals surface area contributed by atoms with Crippen LogP contribution in [0.15, 0.2) is 41.5 Å². The number of aromatic carboxylic acids is 1. The van der Waals surface area contributed by atoms with Gasteiger partial charge < -0.3 is 5.11 Å². The van der Waals surface area contributed by atoms with Crippen LogP contribution in [0.2, 0.25) is 0 Å². The highest BCUT2D eigenvalue weighted by molar-refractivity contribution is 5.87. The maximum Gasteiger partial charge on any atom is 0.335 e. The molecule has 0 saturated heterocycles. The van der Waals surface area contributed by atoms with Gasteiger partial charge in [0, 0.05) is 18.9 Å². The van der Waals surface area contributed by atoms with Gasteiger partial charge in [0.1, 0.15) is 0 Å². The molecule has 0 saturated carbocycles. The molecule has 0 unspecified atom stereocenters. The Morgan fingerprint density at radius 1 is 1.26 bits per heavy atom. The lowest BCUT2D eigenvalue weighted by Crippen LogP contribution is -2.24. The molecule has 0 aliphatic carbocycles. The minimum atomic E-state index is -0.960. The molecule has 0 aliphatic rings. The van der Waals surface area contributed by atoms with E-state index in [-0.39, 0.29) is 11.3 Å². The van der Waals surface area contributed by atoms with Crippen LogP contribution in [0.3, 0.4) is 0 Å². The maximum atomic E-state index is 12.0. The Balaban J connectivity index is 2.24. The summed E-state index contributed by atoms with van der Waals surface area (Å²) < 4.78 is 3.23. The van der Waals surface area contributed by atoms with Crippen LogP contribution in [0, 0.1) is 0 Å². The van der Waals surface area contributed by atoms with Crippen LogP contribution in [-0.2, 0) is 13.1 Å². The molecule has 0 spiro atoms. The fourth-order valence-electron chi connectivity index (χ4n) is 1.98. The second kappa shape index (κ2) is 5.56. The van der Waals surface area contributed by atoms with Crippen LogP contribution >= 0.6 is 0 Å². The van der Waals surface area contributed by atoms with Crippen molar-refractivity contribution in [3.05, 3.63) is 58.3 Å². The van der Waals surface area contributed by atoms with Crippen molar-refractivity contribution in [2.45, 2.75) is 26.4 Å². The van der Waals surface area contributed by atoms with Crippen LogP contribution in [0.25, 0.3) is 0 Å². The Kier molecular flexibility index (Phi) is 3.85. The van der Waals surface area contributed by atoms with Crippen molar-refractivity contribution in [3.8, 4) is 0 Å². The maximum absolute atomic E-state index is 12.0. The van der Waals surface area contributed by atoms with E-state index < -0.39 is 5.97 Å². The monoisotopic (exact) mass is 260 g/mol. The molecule has 2 aromatic rings. The van der Waals surface area contributed by atoms with Gasteiger partial charge in [0.05, 0.1) is 12.1 Å². The molecule has 5 nitrogen and oxygen atoms in total. The lowest BCUT2D eigenvalue weighted by Gasteiger charge is -2.03. The van der Waals surface area contributed by atoms with E-state index in [2.05, 4.69) is 0 Å². The first-order valence-corrected chi connectivity index (χ1v) is 6.19. The van der Waals surface area contributed by atoms with E-state index in [9.17, 15) is 9.59 Å². The Bertz CT molecular complexity index is 640. The average Bonchev–Trinajstić information content (AvgIpc) is 2.72. The minimum Gasteiger partial charge on any atom is -0.478 e. The summed E-state index contributed by atoms with van der Waals surface area (Å²) in [7, 11) is 0. The highest BCUT2D eigenvalue weighted by Crippen LogP contribution is 2.06. The fourth-order valence-corrected chi connectivity index (χ4v) is 1.98. The molecule has 0 aliphatic heterocycles. The Morgan fingerprint density at radius 3 is 2.68 bits per heavy atom. The number of benzene rings is 1. The molecular formula is C14H16N2O3. The van der Waals surface area contributed by atoms with E-state index in [1.165, 1.54) is 6.07 Å². The normalized spacial score (nSPS) is 10.6. The number of carboxylic acid groups (broad SMARTS) is 1. The number of hydrogen-bond donors (Lipinski definition) is 1. The van der Waals surface area contributed by atoms with Gasteiger partial charge in [-0.05, 0) is 24.1 Å². The average molecular weight is 260 g/mol. The summed E-state index contributed by atoms with van der Waals surface area (Å²) in [5, 5.41) is 8.93. The molecule has 0 fully saturated rings. The summed E-state index contributed by atoms with van der Waals surface area (Å²) in [6.45, 7) is 3.10. The standard InChI is InChI=1S/C14H16N2O3/c1-2-6-15-7-8-16(14(15)19)10-11-4-3-5-12(9-11)13(17)18/h3-5,7-9H,2,6,10H2,1H3,(H,17,18). The third-order valence-corrected chi connectivity index (χ3v) is 2.91. The molecule has 2 rings (SSSR count). The molecule has 100 valence electrons.